The Balaban J connectivity index is 1.15. The van der Waals surface area contributed by atoms with Gasteiger partial charge in [0.05, 0.1) is 11.4 Å². The summed E-state index contributed by atoms with van der Waals surface area (Å²) < 4.78 is 2.07. The van der Waals surface area contributed by atoms with Crippen molar-refractivity contribution in [3.8, 4) is 17.1 Å². The van der Waals surface area contributed by atoms with E-state index in [9.17, 15) is 4.79 Å². The SMILES string of the molecule is Cc1ccccc1N1CCN(C(=O)c2csc(CSc3nnc(-c4cccnc4)n3-c3ccccc3C)n2)CC1. The van der Waals surface area contributed by atoms with Crippen molar-refractivity contribution in [1.29, 1.82) is 0 Å². The van der Waals surface area contributed by atoms with Gasteiger partial charge in [-0.1, -0.05) is 48.2 Å². The molecule has 0 saturated carbocycles. The van der Waals surface area contributed by atoms with Crippen LogP contribution in [0.4, 0.5) is 5.69 Å². The summed E-state index contributed by atoms with van der Waals surface area (Å²) in [5.74, 6) is 1.33. The van der Waals surface area contributed by atoms with Gasteiger partial charge in [-0.05, 0) is 49.2 Å². The Morgan fingerprint density at radius 1 is 0.900 bits per heavy atom. The van der Waals surface area contributed by atoms with Crippen molar-refractivity contribution in [3.63, 3.8) is 0 Å². The van der Waals surface area contributed by atoms with Gasteiger partial charge in [0.25, 0.3) is 5.91 Å². The Bertz CT molecular complexity index is 1620. The van der Waals surface area contributed by atoms with Gasteiger partial charge in [-0.3, -0.25) is 14.3 Å². The summed E-state index contributed by atoms with van der Waals surface area (Å²) >= 11 is 3.08. The average molecular weight is 568 g/mol. The lowest BCUT2D eigenvalue weighted by atomic mass is 10.1. The molecular formula is C30H29N7OS2. The third kappa shape index (κ3) is 5.37. The molecule has 2 aromatic carbocycles. The predicted molar refractivity (Wildman–Crippen MR) is 160 cm³/mol. The number of anilines is 1. The van der Waals surface area contributed by atoms with Crippen LogP contribution in [0.5, 0.6) is 0 Å². The predicted octanol–water partition coefficient (Wildman–Crippen LogP) is 5.66. The molecule has 3 aromatic heterocycles. The van der Waals surface area contributed by atoms with Crippen LogP contribution in [0.15, 0.2) is 83.6 Å². The monoisotopic (exact) mass is 567 g/mol. The highest BCUT2D eigenvalue weighted by atomic mass is 32.2. The second-order valence-electron chi connectivity index (χ2n) is 9.65. The summed E-state index contributed by atoms with van der Waals surface area (Å²) in [4.78, 5) is 26.5. The Morgan fingerprint density at radius 2 is 1.62 bits per heavy atom. The molecular weight excluding hydrogens is 539 g/mol. The molecule has 1 fully saturated rings. The van der Waals surface area contributed by atoms with E-state index in [1.165, 1.54) is 22.6 Å². The molecule has 0 aliphatic carbocycles. The molecule has 1 saturated heterocycles. The maximum Gasteiger partial charge on any atom is 0.273 e. The van der Waals surface area contributed by atoms with Crippen LogP contribution in [0.25, 0.3) is 17.1 Å². The van der Waals surface area contributed by atoms with Crippen LogP contribution in [-0.4, -0.2) is 61.7 Å². The zero-order valence-electron chi connectivity index (χ0n) is 22.4. The highest BCUT2D eigenvalue weighted by Gasteiger charge is 2.25. The third-order valence-corrected chi connectivity index (χ3v) is 9.00. The Morgan fingerprint density at radius 3 is 2.33 bits per heavy atom. The molecule has 5 aromatic rings. The van der Waals surface area contributed by atoms with Gasteiger partial charge >= 0.3 is 0 Å². The van der Waals surface area contributed by atoms with E-state index < -0.39 is 0 Å². The molecule has 0 spiro atoms. The van der Waals surface area contributed by atoms with E-state index in [0.29, 0.717) is 24.5 Å². The van der Waals surface area contributed by atoms with Crippen molar-refractivity contribution in [3.05, 3.63) is 100 Å². The first-order valence-corrected chi connectivity index (χ1v) is 15.0. The highest BCUT2D eigenvalue weighted by molar-refractivity contribution is 7.98. The summed E-state index contributed by atoms with van der Waals surface area (Å²) in [6, 6.07) is 20.5. The Labute approximate surface area is 241 Å². The van der Waals surface area contributed by atoms with E-state index in [2.05, 4.69) is 74.9 Å². The molecule has 40 heavy (non-hydrogen) atoms. The van der Waals surface area contributed by atoms with Crippen molar-refractivity contribution in [2.75, 3.05) is 31.1 Å². The largest absolute Gasteiger partial charge is 0.368 e. The van der Waals surface area contributed by atoms with E-state index in [-0.39, 0.29) is 5.91 Å². The highest BCUT2D eigenvalue weighted by Crippen LogP contribution is 2.31. The zero-order chi connectivity index (χ0) is 27.5. The second kappa shape index (κ2) is 11.6. The number of benzene rings is 2. The third-order valence-electron chi connectivity index (χ3n) is 7.03. The van der Waals surface area contributed by atoms with Crippen LogP contribution in [-0.2, 0) is 5.75 Å². The maximum absolute atomic E-state index is 13.2. The lowest BCUT2D eigenvalue weighted by molar-refractivity contribution is 0.0741. The number of rotatable bonds is 7. The number of piperazine rings is 1. The van der Waals surface area contributed by atoms with Gasteiger partial charge in [0.2, 0.25) is 0 Å². The van der Waals surface area contributed by atoms with E-state index in [1.54, 1.807) is 24.2 Å². The zero-order valence-corrected chi connectivity index (χ0v) is 24.0. The van der Waals surface area contributed by atoms with Crippen LogP contribution in [0.1, 0.15) is 26.6 Å². The molecule has 8 nitrogen and oxygen atoms in total. The van der Waals surface area contributed by atoms with Crippen molar-refractivity contribution in [1.82, 2.24) is 29.6 Å². The molecule has 202 valence electrons. The van der Waals surface area contributed by atoms with Gasteiger partial charge < -0.3 is 9.80 Å². The first kappa shape index (κ1) is 26.2. The van der Waals surface area contributed by atoms with E-state index in [0.717, 1.165) is 45.9 Å². The van der Waals surface area contributed by atoms with Gasteiger partial charge in [0, 0.05) is 55.2 Å². The minimum absolute atomic E-state index is 0.00104. The summed E-state index contributed by atoms with van der Waals surface area (Å²) in [6.45, 7) is 7.21. The molecule has 0 bridgehead atoms. The number of carbonyl (C=O) groups is 1. The number of thiazole rings is 1. The van der Waals surface area contributed by atoms with E-state index in [1.807, 2.05) is 34.5 Å². The van der Waals surface area contributed by atoms with Crippen LogP contribution in [0.2, 0.25) is 0 Å². The summed E-state index contributed by atoms with van der Waals surface area (Å²) in [7, 11) is 0. The van der Waals surface area contributed by atoms with E-state index >= 15 is 0 Å². The van der Waals surface area contributed by atoms with Crippen LogP contribution in [0, 0.1) is 13.8 Å². The molecule has 1 amide bonds. The van der Waals surface area contributed by atoms with Gasteiger partial charge in [0.15, 0.2) is 11.0 Å². The van der Waals surface area contributed by atoms with E-state index in [4.69, 9.17) is 4.98 Å². The van der Waals surface area contributed by atoms with Crippen molar-refractivity contribution in [2.45, 2.75) is 24.8 Å². The molecule has 10 heteroatoms. The molecule has 0 unspecified atom stereocenters. The first-order chi connectivity index (χ1) is 19.6. The molecule has 0 radical (unpaired) electrons. The quantitative estimate of drug-likeness (QED) is 0.235. The van der Waals surface area contributed by atoms with Gasteiger partial charge in [-0.2, -0.15) is 0 Å². The number of amides is 1. The topological polar surface area (TPSA) is 80.0 Å². The lowest BCUT2D eigenvalue weighted by Gasteiger charge is -2.36. The average Bonchev–Trinajstić information content (AvgIpc) is 3.64. The fourth-order valence-corrected chi connectivity index (χ4v) is 6.64. The number of carbonyl (C=O) groups excluding carboxylic acids is 1. The van der Waals surface area contributed by atoms with Crippen LogP contribution in [0.3, 0.4) is 0 Å². The smallest absolute Gasteiger partial charge is 0.273 e. The molecule has 0 N–H and O–H groups in total. The lowest BCUT2D eigenvalue weighted by Crippen LogP contribution is -2.49. The van der Waals surface area contributed by atoms with Crippen molar-refractivity contribution < 1.29 is 4.79 Å². The number of para-hydroxylation sites is 2. The standard InChI is InChI=1S/C30H29N7OS2/c1-21-8-3-5-11-25(21)35-14-16-36(17-15-35)29(38)24-19-39-27(32-24)20-40-30-34-33-28(23-10-7-13-31-18-23)37(30)26-12-6-4-9-22(26)2/h3-13,18-19H,14-17,20H2,1-2H3. The minimum atomic E-state index is -0.00104. The number of aromatic nitrogens is 5. The summed E-state index contributed by atoms with van der Waals surface area (Å²) in [5.41, 5.74) is 6.06. The van der Waals surface area contributed by atoms with Crippen LogP contribution < -0.4 is 4.90 Å². The van der Waals surface area contributed by atoms with Gasteiger partial charge in [-0.25, -0.2) is 4.98 Å². The fraction of sp³-hybridized carbons (Fsp3) is 0.233. The van der Waals surface area contributed by atoms with Crippen LogP contribution >= 0.6 is 23.1 Å². The first-order valence-electron chi connectivity index (χ1n) is 13.2. The second-order valence-corrected chi connectivity index (χ2v) is 11.5. The van der Waals surface area contributed by atoms with Gasteiger partial charge in [-0.15, -0.1) is 21.5 Å². The number of hydrogen-bond donors (Lipinski definition) is 0. The van der Waals surface area contributed by atoms with Crippen molar-refractivity contribution in [2.24, 2.45) is 0 Å². The number of pyridine rings is 1. The Kier molecular flexibility index (Phi) is 7.61. The number of nitrogens with zero attached hydrogens (tertiary/aromatic N) is 7. The van der Waals surface area contributed by atoms with Crippen molar-refractivity contribution >= 4 is 34.7 Å². The number of thioether (sulfide) groups is 1. The number of aryl methyl sites for hydroxylation is 2. The van der Waals surface area contributed by atoms with Gasteiger partial charge in [0.1, 0.15) is 10.7 Å². The Hall–Kier alpha value is -4.02. The molecule has 0 atom stereocenters. The summed E-state index contributed by atoms with van der Waals surface area (Å²) in [5, 5.41) is 12.6. The summed E-state index contributed by atoms with van der Waals surface area (Å²) in [6.07, 6.45) is 3.55. The molecule has 1 aliphatic rings. The maximum atomic E-state index is 13.2. The normalized spacial score (nSPS) is 13.6. The molecule has 4 heterocycles. The number of hydrogen-bond acceptors (Lipinski definition) is 8. The molecule has 6 rings (SSSR count). The fourth-order valence-electron chi connectivity index (χ4n) is 4.91. The molecule has 1 aliphatic heterocycles. The minimum Gasteiger partial charge on any atom is -0.368 e.